The summed E-state index contributed by atoms with van der Waals surface area (Å²) in [4.78, 5) is 27.2. The van der Waals surface area contributed by atoms with Crippen molar-refractivity contribution in [2.24, 2.45) is 5.92 Å². The van der Waals surface area contributed by atoms with E-state index in [2.05, 4.69) is 0 Å². The predicted octanol–water partition coefficient (Wildman–Crippen LogP) is 1.67. The standard InChI is InChI=1S/C16H21N3O4/c20-16(18-9-11-23-12-10-18)13-5-7-17(8-6-13)14-3-1-2-4-15(14)19(21)22/h1-4,13H,5-12H2. The first-order valence-electron chi connectivity index (χ1n) is 8.01. The van der Waals surface area contributed by atoms with E-state index in [4.69, 9.17) is 4.74 Å². The molecule has 0 unspecified atom stereocenters. The molecular formula is C16H21N3O4. The number of rotatable bonds is 3. The van der Waals surface area contributed by atoms with Crippen LogP contribution in [0, 0.1) is 16.0 Å². The van der Waals surface area contributed by atoms with Gasteiger partial charge in [-0.3, -0.25) is 14.9 Å². The molecule has 0 saturated carbocycles. The maximum absolute atomic E-state index is 12.5. The zero-order valence-electron chi connectivity index (χ0n) is 13.0. The second-order valence-corrected chi connectivity index (χ2v) is 5.94. The van der Waals surface area contributed by atoms with Crippen LogP contribution in [0.2, 0.25) is 0 Å². The minimum absolute atomic E-state index is 0.0205. The molecule has 1 aromatic carbocycles. The van der Waals surface area contributed by atoms with Crippen molar-refractivity contribution < 1.29 is 14.5 Å². The Kier molecular flexibility index (Phi) is 4.76. The molecular weight excluding hydrogens is 298 g/mol. The molecule has 0 radical (unpaired) electrons. The Morgan fingerprint density at radius 2 is 1.78 bits per heavy atom. The van der Waals surface area contributed by atoms with E-state index in [1.165, 1.54) is 6.07 Å². The molecule has 7 nitrogen and oxygen atoms in total. The molecule has 1 amide bonds. The highest BCUT2D eigenvalue weighted by atomic mass is 16.6. The lowest BCUT2D eigenvalue weighted by Crippen LogP contribution is -2.46. The summed E-state index contributed by atoms with van der Waals surface area (Å²) in [7, 11) is 0. The number of hydrogen-bond acceptors (Lipinski definition) is 5. The highest BCUT2D eigenvalue weighted by Gasteiger charge is 2.31. The molecule has 0 spiro atoms. The van der Waals surface area contributed by atoms with E-state index in [-0.39, 0.29) is 22.4 Å². The fraction of sp³-hybridized carbons (Fsp3) is 0.562. The molecule has 0 bridgehead atoms. The average molecular weight is 319 g/mol. The van der Waals surface area contributed by atoms with Crippen molar-refractivity contribution in [2.75, 3.05) is 44.3 Å². The summed E-state index contributed by atoms with van der Waals surface area (Å²) >= 11 is 0. The Labute approximate surface area is 135 Å². The van der Waals surface area contributed by atoms with Crippen LogP contribution in [0.15, 0.2) is 24.3 Å². The minimum Gasteiger partial charge on any atom is -0.378 e. The highest BCUT2D eigenvalue weighted by molar-refractivity contribution is 5.79. The van der Waals surface area contributed by atoms with Crippen molar-refractivity contribution >= 4 is 17.3 Å². The number of amides is 1. The number of para-hydroxylation sites is 2. The van der Waals surface area contributed by atoms with E-state index in [0.29, 0.717) is 45.1 Å². The Morgan fingerprint density at radius 3 is 2.43 bits per heavy atom. The SMILES string of the molecule is O=C(C1CCN(c2ccccc2[N+](=O)[O-])CC1)N1CCOCC1. The molecule has 2 fully saturated rings. The second-order valence-electron chi connectivity index (χ2n) is 5.94. The first kappa shape index (κ1) is 15.7. The van der Waals surface area contributed by atoms with Crippen LogP contribution in [0.1, 0.15) is 12.8 Å². The summed E-state index contributed by atoms with van der Waals surface area (Å²) in [6, 6.07) is 6.80. The number of morpholine rings is 1. The zero-order valence-corrected chi connectivity index (χ0v) is 13.0. The predicted molar refractivity (Wildman–Crippen MR) is 85.4 cm³/mol. The van der Waals surface area contributed by atoms with Crippen molar-refractivity contribution in [2.45, 2.75) is 12.8 Å². The Morgan fingerprint density at radius 1 is 1.13 bits per heavy atom. The number of piperidine rings is 1. The number of nitrogens with zero attached hydrogens (tertiary/aromatic N) is 3. The number of benzene rings is 1. The van der Waals surface area contributed by atoms with Crippen LogP contribution in [0.3, 0.4) is 0 Å². The van der Waals surface area contributed by atoms with Gasteiger partial charge in [-0.25, -0.2) is 0 Å². The lowest BCUT2D eigenvalue weighted by atomic mass is 9.94. The van der Waals surface area contributed by atoms with Crippen molar-refractivity contribution in [3.63, 3.8) is 0 Å². The number of nitro groups is 1. The summed E-state index contributed by atoms with van der Waals surface area (Å²) in [6.07, 6.45) is 1.48. The van der Waals surface area contributed by atoms with Gasteiger partial charge in [-0.2, -0.15) is 0 Å². The number of carbonyl (C=O) groups is 1. The first-order chi connectivity index (χ1) is 11.2. The number of hydrogen-bond donors (Lipinski definition) is 0. The highest BCUT2D eigenvalue weighted by Crippen LogP contribution is 2.31. The van der Waals surface area contributed by atoms with Gasteiger partial charge >= 0.3 is 0 Å². The topological polar surface area (TPSA) is 75.9 Å². The van der Waals surface area contributed by atoms with E-state index in [1.807, 2.05) is 15.9 Å². The molecule has 7 heteroatoms. The zero-order chi connectivity index (χ0) is 16.2. The Hall–Kier alpha value is -2.15. The van der Waals surface area contributed by atoms with E-state index >= 15 is 0 Å². The third-order valence-electron chi connectivity index (χ3n) is 4.59. The molecule has 2 aliphatic heterocycles. The molecule has 23 heavy (non-hydrogen) atoms. The number of anilines is 1. The minimum atomic E-state index is -0.347. The monoisotopic (exact) mass is 319 g/mol. The van der Waals surface area contributed by atoms with Gasteiger partial charge in [-0.05, 0) is 18.9 Å². The first-order valence-corrected chi connectivity index (χ1v) is 8.01. The van der Waals surface area contributed by atoms with Crippen LogP contribution in [-0.4, -0.2) is 55.1 Å². The fourth-order valence-electron chi connectivity index (χ4n) is 3.30. The normalized spacial score (nSPS) is 19.7. The molecule has 2 saturated heterocycles. The van der Waals surface area contributed by atoms with Gasteiger partial charge < -0.3 is 14.5 Å². The van der Waals surface area contributed by atoms with E-state index in [1.54, 1.807) is 12.1 Å². The quantitative estimate of drug-likeness (QED) is 0.626. The van der Waals surface area contributed by atoms with Crippen LogP contribution in [-0.2, 0) is 9.53 Å². The Balaban J connectivity index is 1.62. The molecule has 0 N–H and O–H groups in total. The van der Waals surface area contributed by atoms with E-state index in [9.17, 15) is 14.9 Å². The van der Waals surface area contributed by atoms with Gasteiger partial charge in [0.25, 0.3) is 5.69 Å². The Bertz CT molecular complexity index is 578. The van der Waals surface area contributed by atoms with Crippen LogP contribution >= 0.6 is 0 Å². The number of nitro benzene ring substituents is 1. The van der Waals surface area contributed by atoms with Gasteiger partial charge in [0.2, 0.25) is 5.91 Å². The average Bonchev–Trinajstić information content (AvgIpc) is 2.62. The number of ether oxygens (including phenoxy) is 1. The van der Waals surface area contributed by atoms with Crippen LogP contribution in [0.5, 0.6) is 0 Å². The molecule has 124 valence electrons. The summed E-state index contributed by atoms with van der Waals surface area (Å²) in [5.41, 5.74) is 0.778. The smallest absolute Gasteiger partial charge is 0.292 e. The van der Waals surface area contributed by atoms with Crippen LogP contribution in [0.25, 0.3) is 0 Å². The third kappa shape index (κ3) is 3.44. The van der Waals surface area contributed by atoms with Gasteiger partial charge in [0, 0.05) is 38.2 Å². The van der Waals surface area contributed by atoms with E-state index in [0.717, 1.165) is 12.8 Å². The van der Waals surface area contributed by atoms with Crippen molar-refractivity contribution in [1.82, 2.24) is 4.90 Å². The maximum atomic E-state index is 12.5. The molecule has 3 rings (SSSR count). The summed E-state index contributed by atoms with van der Waals surface area (Å²) in [5, 5.41) is 11.1. The van der Waals surface area contributed by atoms with E-state index < -0.39 is 0 Å². The maximum Gasteiger partial charge on any atom is 0.292 e. The molecule has 0 aromatic heterocycles. The fourth-order valence-corrected chi connectivity index (χ4v) is 3.30. The molecule has 2 aliphatic rings. The molecule has 0 atom stereocenters. The molecule has 1 aromatic rings. The van der Waals surface area contributed by atoms with Gasteiger partial charge in [0.15, 0.2) is 0 Å². The van der Waals surface area contributed by atoms with Crippen molar-refractivity contribution in [3.8, 4) is 0 Å². The molecule has 2 heterocycles. The van der Waals surface area contributed by atoms with Gasteiger partial charge in [-0.1, -0.05) is 12.1 Å². The lowest BCUT2D eigenvalue weighted by Gasteiger charge is -2.36. The van der Waals surface area contributed by atoms with Crippen molar-refractivity contribution in [3.05, 3.63) is 34.4 Å². The van der Waals surface area contributed by atoms with Crippen LogP contribution in [0.4, 0.5) is 11.4 Å². The van der Waals surface area contributed by atoms with Gasteiger partial charge in [0.1, 0.15) is 5.69 Å². The second kappa shape index (κ2) is 6.95. The van der Waals surface area contributed by atoms with Crippen LogP contribution < -0.4 is 4.90 Å². The van der Waals surface area contributed by atoms with Gasteiger partial charge in [-0.15, -0.1) is 0 Å². The summed E-state index contributed by atoms with van der Waals surface area (Å²) in [5.74, 6) is 0.225. The van der Waals surface area contributed by atoms with Crippen molar-refractivity contribution in [1.29, 1.82) is 0 Å². The summed E-state index contributed by atoms with van der Waals surface area (Å²) < 4.78 is 5.28. The number of carbonyl (C=O) groups excluding carboxylic acids is 1. The molecule has 0 aliphatic carbocycles. The van der Waals surface area contributed by atoms with Gasteiger partial charge in [0.05, 0.1) is 18.1 Å². The largest absolute Gasteiger partial charge is 0.378 e. The lowest BCUT2D eigenvalue weighted by molar-refractivity contribution is -0.384. The summed E-state index contributed by atoms with van der Waals surface area (Å²) in [6.45, 7) is 3.91. The third-order valence-corrected chi connectivity index (χ3v) is 4.59.